The highest BCUT2D eigenvalue weighted by Gasteiger charge is 2.21. The number of rotatable bonds is 8. The van der Waals surface area contributed by atoms with Gasteiger partial charge in [-0.25, -0.2) is 0 Å². The van der Waals surface area contributed by atoms with Crippen LogP contribution in [0.15, 0.2) is 29.3 Å². The summed E-state index contributed by atoms with van der Waals surface area (Å²) in [5.41, 5.74) is 1.20. The van der Waals surface area contributed by atoms with Crippen molar-refractivity contribution in [1.29, 1.82) is 0 Å². The van der Waals surface area contributed by atoms with Gasteiger partial charge in [0.2, 0.25) is 0 Å². The van der Waals surface area contributed by atoms with Crippen molar-refractivity contribution in [3.05, 3.63) is 29.8 Å². The second kappa shape index (κ2) is 11.0. The van der Waals surface area contributed by atoms with Crippen LogP contribution in [-0.4, -0.2) is 69.9 Å². The Morgan fingerprint density at radius 1 is 1.19 bits per heavy atom. The van der Waals surface area contributed by atoms with Crippen LogP contribution in [0.5, 0.6) is 5.75 Å². The molecule has 2 rings (SSSR count). The Bertz CT molecular complexity index is 554. The van der Waals surface area contributed by atoms with E-state index >= 15 is 0 Å². The summed E-state index contributed by atoms with van der Waals surface area (Å²) in [5, 5.41) is 6.77. The maximum atomic E-state index is 5.78. The van der Waals surface area contributed by atoms with Crippen LogP contribution < -0.4 is 15.4 Å². The van der Waals surface area contributed by atoms with E-state index in [1.54, 1.807) is 7.11 Å². The monoisotopic (exact) mass is 362 g/mol. The Labute approximate surface area is 158 Å². The molecule has 2 atom stereocenters. The number of ether oxygens (including phenoxy) is 2. The smallest absolute Gasteiger partial charge is 0.190 e. The number of hydrogen-bond acceptors (Lipinski definition) is 4. The molecule has 2 unspecified atom stereocenters. The molecular weight excluding hydrogens is 328 g/mol. The highest BCUT2D eigenvalue weighted by molar-refractivity contribution is 5.79. The summed E-state index contributed by atoms with van der Waals surface area (Å²) >= 11 is 0. The van der Waals surface area contributed by atoms with E-state index in [1.165, 1.54) is 5.56 Å². The van der Waals surface area contributed by atoms with E-state index in [4.69, 9.17) is 9.47 Å². The highest BCUT2D eigenvalue weighted by Crippen LogP contribution is 2.17. The molecule has 1 aliphatic rings. The van der Waals surface area contributed by atoms with Crippen molar-refractivity contribution >= 4 is 5.96 Å². The molecule has 1 aromatic carbocycles. The maximum Gasteiger partial charge on any atom is 0.190 e. The second-order valence-electron chi connectivity index (χ2n) is 6.86. The number of nitrogens with one attached hydrogen (secondary N) is 2. The molecule has 1 aliphatic heterocycles. The molecule has 0 spiro atoms. The van der Waals surface area contributed by atoms with Crippen molar-refractivity contribution in [2.24, 2.45) is 4.99 Å². The van der Waals surface area contributed by atoms with Gasteiger partial charge in [0, 0.05) is 39.8 Å². The molecule has 1 heterocycles. The Kier molecular flexibility index (Phi) is 8.71. The average molecular weight is 363 g/mol. The van der Waals surface area contributed by atoms with Crippen LogP contribution in [0.25, 0.3) is 0 Å². The van der Waals surface area contributed by atoms with Gasteiger partial charge in [-0.1, -0.05) is 18.2 Å². The third-order valence-corrected chi connectivity index (χ3v) is 4.54. The molecule has 146 valence electrons. The van der Waals surface area contributed by atoms with Crippen LogP contribution in [0.1, 0.15) is 25.8 Å². The zero-order valence-corrected chi connectivity index (χ0v) is 16.6. The first-order valence-electron chi connectivity index (χ1n) is 9.56. The predicted octanol–water partition coefficient (Wildman–Crippen LogP) is 1.90. The number of hydrogen-bond donors (Lipinski definition) is 2. The number of nitrogens with zero attached hydrogens (tertiary/aromatic N) is 2. The van der Waals surface area contributed by atoms with E-state index in [0.29, 0.717) is 12.2 Å². The normalized spacial score (nSPS) is 21.5. The molecule has 0 saturated carbocycles. The second-order valence-corrected chi connectivity index (χ2v) is 6.86. The van der Waals surface area contributed by atoms with Gasteiger partial charge >= 0.3 is 0 Å². The number of guanidine groups is 1. The van der Waals surface area contributed by atoms with Gasteiger partial charge < -0.3 is 20.1 Å². The summed E-state index contributed by atoms with van der Waals surface area (Å²) < 4.78 is 11.2. The molecule has 0 amide bonds. The van der Waals surface area contributed by atoms with Gasteiger partial charge in [0.1, 0.15) is 5.75 Å². The first-order chi connectivity index (χ1) is 12.6. The number of methoxy groups -OCH3 is 1. The third kappa shape index (κ3) is 6.84. The van der Waals surface area contributed by atoms with E-state index < -0.39 is 0 Å². The topological polar surface area (TPSA) is 58.1 Å². The third-order valence-electron chi connectivity index (χ3n) is 4.54. The minimum absolute atomic E-state index is 0.330. The molecule has 1 fully saturated rings. The van der Waals surface area contributed by atoms with Gasteiger partial charge in [0.25, 0.3) is 0 Å². The summed E-state index contributed by atoms with van der Waals surface area (Å²) in [6.07, 6.45) is 2.65. The van der Waals surface area contributed by atoms with Crippen LogP contribution in [0.2, 0.25) is 0 Å². The fourth-order valence-electron chi connectivity index (χ4n) is 3.42. The summed E-state index contributed by atoms with van der Waals surface area (Å²) in [7, 11) is 3.52. The number of para-hydroxylation sites is 1. The average Bonchev–Trinajstić information content (AvgIpc) is 2.63. The largest absolute Gasteiger partial charge is 0.496 e. The number of morpholine rings is 1. The van der Waals surface area contributed by atoms with Crippen molar-refractivity contribution in [3.63, 3.8) is 0 Å². The highest BCUT2D eigenvalue weighted by atomic mass is 16.5. The van der Waals surface area contributed by atoms with Gasteiger partial charge in [-0.15, -0.1) is 0 Å². The first-order valence-corrected chi connectivity index (χ1v) is 9.56. The molecule has 6 heteroatoms. The van der Waals surface area contributed by atoms with Crippen LogP contribution in [0, 0.1) is 0 Å². The summed E-state index contributed by atoms with van der Waals surface area (Å²) in [5.74, 6) is 1.79. The van der Waals surface area contributed by atoms with Crippen molar-refractivity contribution in [3.8, 4) is 5.75 Å². The Morgan fingerprint density at radius 3 is 2.58 bits per heavy atom. The first kappa shape index (κ1) is 20.5. The minimum atomic E-state index is 0.330. The lowest BCUT2D eigenvalue weighted by atomic mass is 10.1. The lowest BCUT2D eigenvalue weighted by Gasteiger charge is -2.35. The van der Waals surface area contributed by atoms with Crippen LogP contribution in [-0.2, 0) is 11.2 Å². The van der Waals surface area contributed by atoms with Gasteiger partial charge in [0.05, 0.1) is 19.3 Å². The van der Waals surface area contributed by atoms with Crippen molar-refractivity contribution in [2.75, 3.05) is 46.9 Å². The molecule has 26 heavy (non-hydrogen) atoms. The van der Waals surface area contributed by atoms with Crippen molar-refractivity contribution in [2.45, 2.75) is 38.9 Å². The van der Waals surface area contributed by atoms with Crippen molar-refractivity contribution < 1.29 is 9.47 Å². The zero-order valence-electron chi connectivity index (χ0n) is 16.6. The molecule has 0 aliphatic carbocycles. The zero-order chi connectivity index (χ0) is 18.8. The number of benzene rings is 1. The van der Waals surface area contributed by atoms with Crippen LogP contribution in [0.4, 0.5) is 0 Å². The van der Waals surface area contributed by atoms with Gasteiger partial charge in [-0.2, -0.15) is 0 Å². The van der Waals surface area contributed by atoms with E-state index in [1.807, 2.05) is 25.2 Å². The molecule has 0 aromatic heterocycles. The molecular formula is C20H34N4O2. The minimum Gasteiger partial charge on any atom is -0.496 e. The Balaban J connectivity index is 1.63. The van der Waals surface area contributed by atoms with E-state index in [2.05, 4.69) is 40.4 Å². The number of aliphatic imine (C=N–C) groups is 1. The van der Waals surface area contributed by atoms with E-state index in [9.17, 15) is 0 Å². The Hall–Kier alpha value is -1.79. The summed E-state index contributed by atoms with van der Waals surface area (Å²) in [4.78, 5) is 6.78. The fourth-order valence-corrected chi connectivity index (χ4v) is 3.42. The van der Waals surface area contributed by atoms with Crippen LogP contribution in [0.3, 0.4) is 0 Å². The van der Waals surface area contributed by atoms with E-state index in [0.717, 1.165) is 57.3 Å². The Morgan fingerprint density at radius 2 is 1.88 bits per heavy atom. The lowest BCUT2D eigenvalue weighted by Crippen LogP contribution is -2.46. The SMILES string of the molecule is CN=C(NCCCN1CC(C)OC(C)C1)NCCc1ccccc1OC. The standard InChI is InChI=1S/C20H34N4O2/c1-16-14-24(15-17(2)26-16)13-7-11-22-20(21-3)23-12-10-18-8-5-6-9-19(18)25-4/h5-6,8-9,16-17H,7,10-15H2,1-4H3,(H2,21,22,23). The molecule has 6 nitrogen and oxygen atoms in total. The summed E-state index contributed by atoms with van der Waals surface area (Å²) in [6, 6.07) is 8.13. The molecule has 0 bridgehead atoms. The van der Waals surface area contributed by atoms with Crippen LogP contribution >= 0.6 is 0 Å². The fraction of sp³-hybridized carbons (Fsp3) is 0.650. The molecule has 1 saturated heterocycles. The molecule has 1 aromatic rings. The maximum absolute atomic E-state index is 5.78. The van der Waals surface area contributed by atoms with Gasteiger partial charge in [0.15, 0.2) is 5.96 Å². The predicted molar refractivity (Wildman–Crippen MR) is 107 cm³/mol. The molecule has 2 N–H and O–H groups in total. The van der Waals surface area contributed by atoms with E-state index in [-0.39, 0.29) is 0 Å². The van der Waals surface area contributed by atoms with Gasteiger partial charge in [-0.05, 0) is 38.3 Å². The summed E-state index contributed by atoms with van der Waals surface area (Å²) in [6.45, 7) is 9.16. The molecule has 0 radical (unpaired) electrons. The lowest BCUT2D eigenvalue weighted by molar-refractivity contribution is -0.0679. The van der Waals surface area contributed by atoms with Gasteiger partial charge in [-0.3, -0.25) is 9.89 Å². The van der Waals surface area contributed by atoms with Crippen molar-refractivity contribution in [1.82, 2.24) is 15.5 Å². The quantitative estimate of drug-likeness (QED) is 0.420.